The summed E-state index contributed by atoms with van der Waals surface area (Å²) in [6.07, 6.45) is 0. The Morgan fingerprint density at radius 1 is 1.04 bits per heavy atom. The van der Waals surface area contributed by atoms with Gasteiger partial charge < -0.3 is 9.47 Å². The first-order valence-electron chi connectivity index (χ1n) is 7.48. The summed E-state index contributed by atoms with van der Waals surface area (Å²) in [6.45, 7) is 0.0933. The zero-order valence-electron chi connectivity index (χ0n) is 13.7. The van der Waals surface area contributed by atoms with Crippen molar-refractivity contribution in [1.82, 2.24) is 4.72 Å². The van der Waals surface area contributed by atoms with Gasteiger partial charge in [-0.2, -0.15) is 0 Å². The molecule has 0 aliphatic heterocycles. The van der Waals surface area contributed by atoms with Crippen molar-refractivity contribution >= 4 is 26.9 Å². The molecular formula is C17H19NO5S2. The SMILES string of the molecule is COc1ccc(S(=O)(=O)NCCSC(=O)COc2ccccc2)cc1. The van der Waals surface area contributed by atoms with Crippen molar-refractivity contribution < 1.29 is 22.7 Å². The van der Waals surface area contributed by atoms with Gasteiger partial charge in [0.25, 0.3) is 0 Å². The van der Waals surface area contributed by atoms with Crippen LogP contribution in [0.2, 0.25) is 0 Å². The highest BCUT2D eigenvalue weighted by Gasteiger charge is 2.13. The number of sulfonamides is 1. The van der Waals surface area contributed by atoms with E-state index in [0.717, 1.165) is 11.8 Å². The molecule has 0 saturated carbocycles. The van der Waals surface area contributed by atoms with Gasteiger partial charge in [-0.15, -0.1) is 0 Å². The molecule has 1 N–H and O–H groups in total. The number of thioether (sulfide) groups is 1. The first kappa shape index (κ1) is 19.3. The second-order valence-corrected chi connectivity index (χ2v) is 7.81. The maximum Gasteiger partial charge on any atom is 0.240 e. The fourth-order valence-electron chi connectivity index (χ4n) is 1.88. The van der Waals surface area contributed by atoms with Gasteiger partial charge >= 0.3 is 0 Å². The molecule has 0 fully saturated rings. The number of carbonyl (C=O) groups is 1. The molecule has 134 valence electrons. The second-order valence-electron chi connectivity index (χ2n) is 4.90. The van der Waals surface area contributed by atoms with Gasteiger partial charge in [-0.05, 0) is 36.4 Å². The van der Waals surface area contributed by atoms with E-state index in [9.17, 15) is 13.2 Å². The normalized spacial score (nSPS) is 11.1. The molecule has 8 heteroatoms. The van der Waals surface area contributed by atoms with E-state index in [4.69, 9.17) is 9.47 Å². The van der Waals surface area contributed by atoms with E-state index in [1.54, 1.807) is 24.3 Å². The molecule has 0 unspecified atom stereocenters. The molecule has 0 spiro atoms. The zero-order chi connectivity index (χ0) is 18.1. The number of nitrogens with one attached hydrogen (secondary N) is 1. The lowest BCUT2D eigenvalue weighted by molar-refractivity contribution is -0.112. The fourth-order valence-corrected chi connectivity index (χ4v) is 3.61. The average Bonchev–Trinajstić information content (AvgIpc) is 2.64. The molecule has 2 aromatic rings. The predicted molar refractivity (Wildman–Crippen MR) is 97.6 cm³/mol. The summed E-state index contributed by atoms with van der Waals surface area (Å²) in [5, 5.41) is -0.160. The molecule has 0 bridgehead atoms. The highest BCUT2D eigenvalue weighted by molar-refractivity contribution is 8.13. The van der Waals surface area contributed by atoms with Crippen LogP contribution >= 0.6 is 11.8 Å². The summed E-state index contributed by atoms with van der Waals surface area (Å²) >= 11 is 1.03. The van der Waals surface area contributed by atoms with Gasteiger partial charge in [0.05, 0.1) is 12.0 Å². The van der Waals surface area contributed by atoms with Crippen LogP contribution in [0.3, 0.4) is 0 Å². The molecule has 0 radical (unpaired) electrons. The van der Waals surface area contributed by atoms with Crippen LogP contribution in [-0.4, -0.2) is 39.5 Å². The first-order chi connectivity index (χ1) is 12.0. The molecule has 0 heterocycles. The summed E-state index contributed by atoms with van der Waals surface area (Å²) in [7, 11) is -2.09. The minimum absolute atomic E-state index is 0.0556. The predicted octanol–water partition coefficient (Wildman–Crippen LogP) is 2.31. The third kappa shape index (κ3) is 6.41. The molecule has 0 atom stereocenters. The Morgan fingerprint density at radius 2 is 1.72 bits per heavy atom. The van der Waals surface area contributed by atoms with Crippen molar-refractivity contribution in [2.24, 2.45) is 0 Å². The highest BCUT2D eigenvalue weighted by Crippen LogP contribution is 2.15. The van der Waals surface area contributed by atoms with Crippen molar-refractivity contribution in [2.75, 3.05) is 26.0 Å². The van der Waals surface area contributed by atoms with E-state index in [-0.39, 0.29) is 23.2 Å². The fraction of sp³-hybridized carbons (Fsp3) is 0.235. The maximum absolute atomic E-state index is 12.1. The Morgan fingerprint density at radius 3 is 2.36 bits per heavy atom. The maximum atomic E-state index is 12.1. The third-order valence-corrected chi connectivity index (χ3v) is 5.45. The highest BCUT2D eigenvalue weighted by atomic mass is 32.2. The van der Waals surface area contributed by atoms with Gasteiger partial charge in [-0.3, -0.25) is 4.79 Å². The van der Waals surface area contributed by atoms with Gasteiger partial charge in [-0.1, -0.05) is 30.0 Å². The van der Waals surface area contributed by atoms with Crippen molar-refractivity contribution in [3.63, 3.8) is 0 Å². The van der Waals surface area contributed by atoms with Crippen LogP contribution < -0.4 is 14.2 Å². The first-order valence-corrected chi connectivity index (χ1v) is 9.95. The molecule has 0 amide bonds. The Labute approximate surface area is 151 Å². The van der Waals surface area contributed by atoms with Gasteiger partial charge in [0.15, 0.2) is 6.61 Å². The summed E-state index contributed by atoms with van der Waals surface area (Å²) in [5.74, 6) is 1.53. The topological polar surface area (TPSA) is 81.7 Å². The third-order valence-electron chi connectivity index (χ3n) is 3.13. The number of hydrogen-bond acceptors (Lipinski definition) is 6. The standard InChI is InChI=1S/C17H19NO5S2/c1-22-14-7-9-16(10-8-14)25(20,21)18-11-12-24-17(19)13-23-15-5-3-2-4-6-15/h2-10,18H,11-13H2,1H3. The minimum atomic E-state index is -3.60. The Kier molecular flexibility index (Phi) is 7.30. The van der Waals surface area contributed by atoms with E-state index >= 15 is 0 Å². The molecular weight excluding hydrogens is 362 g/mol. The molecule has 0 aliphatic rings. The van der Waals surface area contributed by atoms with Crippen LogP contribution in [0, 0.1) is 0 Å². The number of benzene rings is 2. The van der Waals surface area contributed by atoms with Crippen molar-refractivity contribution in [1.29, 1.82) is 0 Å². The van der Waals surface area contributed by atoms with Crippen LogP contribution in [-0.2, 0) is 14.8 Å². The number of ether oxygens (including phenoxy) is 2. The monoisotopic (exact) mass is 381 g/mol. The minimum Gasteiger partial charge on any atom is -0.497 e. The molecule has 6 nitrogen and oxygen atoms in total. The summed E-state index contributed by atoms with van der Waals surface area (Å²) in [5.41, 5.74) is 0. The van der Waals surface area contributed by atoms with Crippen molar-refractivity contribution in [3.05, 3.63) is 54.6 Å². The Bertz CT molecular complexity index is 776. The molecule has 0 aliphatic carbocycles. The smallest absolute Gasteiger partial charge is 0.240 e. The van der Waals surface area contributed by atoms with E-state index < -0.39 is 10.0 Å². The van der Waals surface area contributed by atoms with Gasteiger partial charge in [0.1, 0.15) is 11.5 Å². The molecule has 0 saturated heterocycles. The van der Waals surface area contributed by atoms with E-state index in [0.29, 0.717) is 17.3 Å². The van der Waals surface area contributed by atoms with Crippen LogP contribution in [0.4, 0.5) is 0 Å². The second kappa shape index (κ2) is 9.45. The van der Waals surface area contributed by atoms with E-state index in [1.165, 1.54) is 19.2 Å². The molecule has 25 heavy (non-hydrogen) atoms. The Hall–Kier alpha value is -2.03. The van der Waals surface area contributed by atoms with Crippen LogP contribution in [0.25, 0.3) is 0 Å². The largest absolute Gasteiger partial charge is 0.497 e. The van der Waals surface area contributed by atoms with Gasteiger partial charge in [0, 0.05) is 12.3 Å². The van der Waals surface area contributed by atoms with Gasteiger partial charge in [-0.25, -0.2) is 13.1 Å². The summed E-state index contributed by atoms with van der Waals surface area (Å²) in [6, 6.07) is 15.1. The number of hydrogen-bond donors (Lipinski definition) is 1. The molecule has 0 aromatic heterocycles. The summed E-state index contributed by atoms with van der Waals surface area (Å²) in [4.78, 5) is 11.9. The van der Waals surface area contributed by atoms with E-state index in [2.05, 4.69) is 4.72 Å². The lowest BCUT2D eigenvalue weighted by Crippen LogP contribution is -2.26. The van der Waals surface area contributed by atoms with Crippen molar-refractivity contribution in [2.45, 2.75) is 4.90 Å². The number of para-hydroxylation sites is 1. The van der Waals surface area contributed by atoms with Crippen LogP contribution in [0.5, 0.6) is 11.5 Å². The molecule has 2 rings (SSSR count). The lowest BCUT2D eigenvalue weighted by atomic mass is 10.3. The van der Waals surface area contributed by atoms with Crippen LogP contribution in [0.1, 0.15) is 0 Å². The number of methoxy groups -OCH3 is 1. The number of rotatable bonds is 9. The molecule has 2 aromatic carbocycles. The van der Waals surface area contributed by atoms with E-state index in [1.807, 2.05) is 18.2 Å². The quantitative estimate of drug-likeness (QED) is 0.672. The number of carbonyl (C=O) groups excluding carboxylic acids is 1. The lowest BCUT2D eigenvalue weighted by Gasteiger charge is -2.08. The zero-order valence-corrected chi connectivity index (χ0v) is 15.3. The average molecular weight is 381 g/mol. The van der Waals surface area contributed by atoms with Gasteiger partial charge in [0.2, 0.25) is 15.1 Å². The van der Waals surface area contributed by atoms with Crippen LogP contribution in [0.15, 0.2) is 59.5 Å². The van der Waals surface area contributed by atoms with Crippen molar-refractivity contribution in [3.8, 4) is 11.5 Å². The summed E-state index contributed by atoms with van der Waals surface area (Å²) < 4.78 is 37.0. The Balaban J connectivity index is 1.71.